The topological polar surface area (TPSA) is 30.5 Å². The Balaban J connectivity index is 1.84. The van der Waals surface area contributed by atoms with Gasteiger partial charge in [0, 0.05) is 6.04 Å². The number of ether oxygens (including phenoxy) is 2. The molecule has 0 aliphatic heterocycles. The average molecular weight is 368 g/mol. The fourth-order valence-corrected chi connectivity index (χ4v) is 2.57. The number of halogens is 4. The number of nitrogens with one attached hydrogen (secondary N) is 1. The lowest BCUT2D eigenvalue weighted by Gasteiger charge is -2.36. The first-order chi connectivity index (χ1) is 9.87. The van der Waals surface area contributed by atoms with Crippen molar-refractivity contribution in [3.63, 3.8) is 0 Å². The van der Waals surface area contributed by atoms with Crippen LogP contribution in [-0.2, 0) is 0 Å². The zero-order valence-corrected chi connectivity index (χ0v) is 13.1. The minimum atomic E-state index is -4.70. The lowest BCUT2D eigenvalue weighted by molar-refractivity contribution is -0.274. The molecule has 0 heterocycles. The molecule has 0 radical (unpaired) electrons. The van der Waals surface area contributed by atoms with Crippen LogP contribution in [0, 0.1) is 0 Å². The molecule has 0 bridgehead atoms. The standard InChI is InChI=1S/C14H17BrF3NO2/c1-2-5-19-9-6-11(7-9)20-10-3-4-13(12(15)8-10)21-14(16,17)18/h3-4,8-9,11,19H,2,5-7H2,1H3. The van der Waals surface area contributed by atoms with Gasteiger partial charge in [0.2, 0.25) is 0 Å². The van der Waals surface area contributed by atoms with E-state index in [9.17, 15) is 13.2 Å². The van der Waals surface area contributed by atoms with Crippen LogP contribution in [0.1, 0.15) is 26.2 Å². The van der Waals surface area contributed by atoms with Crippen molar-refractivity contribution in [2.24, 2.45) is 0 Å². The minimum Gasteiger partial charge on any atom is -0.490 e. The zero-order chi connectivity index (χ0) is 15.5. The molecule has 0 unspecified atom stereocenters. The highest BCUT2D eigenvalue weighted by Crippen LogP contribution is 2.34. The summed E-state index contributed by atoms with van der Waals surface area (Å²) in [6, 6.07) is 4.71. The second-order valence-electron chi connectivity index (χ2n) is 5.00. The zero-order valence-electron chi connectivity index (χ0n) is 11.5. The van der Waals surface area contributed by atoms with Gasteiger partial charge in [0.05, 0.1) is 4.47 Å². The van der Waals surface area contributed by atoms with E-state index in [1.165, 1.54) is 18.2 Å². The molecule has 1 aliphatic carbocycles. The Hall–Kier alpha value is -0.950. The van der Waals surface area contributed by atoms with E-state index in [0.717, 1.165) is 25.8 Å². The number of rotatable bonds is 6. The summed E-state index contributed by atoms with van der Waals surface area (Å²) >= 11 is 3.06. The summed E-state index contributed by atoms with van der Waals surface area (Å²) < 4.78 is 46.3. The quantitative estimate of drug-likeness (QED) is 0.814. The lowest BCUT2D eigenvalue weighted by Crippen LogP contribution is -2.46. The molecule has 1 aromatic carbocycles. The van der Waals surface area contributed by atoms with Gasteiger partial charge in [0.1, 0.15) is 17.6 Å². The Kier molecular flexibility index (Phi) is 5.37. The summed E-state index contributed by atoms with van der Waals surface area (Å²) in [5, 5.41) is 3.40. The first-order valence-electron chi connectivity index (χ1n) is 6.82. The van der Waals surface area contributed by atoms with Gasteiger partial charge in [0.15, 0.2) is 0 Å². The number of alkyl halides is 3. The minimum absolute atomic E-state index is 0.112. The summed E-state index contributed by atoms with van der Waals surface area (Å²) in [7, 11) is 0. The lowest BCUT2D eigenvalue weighted by atomic mass is 9.89. The molecule has 1 aliphatic rings. The molecule has 0 aromatic heterocycles. The summed E-state index contributed by atoms with van der Waals surface area (Å²) in [5.41, 5.74) is 0. The highest BCUT2D eigenvalue weighted by molar-refractivity contribution is 9.10. The third-order valence-corrected chi connectivity index (χ3v) is 3.83. The molecular weight excluding hydrogens is 351 g/mol. The van der Waals surface area contributed by atoms with E-state index in [2.05, 4.69) is 32.9 Å². The van der Waals surface area contributed by atoms with Crippen LogP contribution in [0.5, 0.6) is 11.5 Å². The van der Waals surface area contributed by atoms with Crippen molar-refractivity contribution in [2.45, 2.75) is 44.7 Å². The van der Waals surface area contributed by atoms with Crippen molar-refractivity contribution in [3.8, 4) is 11.5 Å². The molecule has 118 valence electrons. The maximum absolute atomic E-state index is 12.2. The van der Waals surface area contributed by atoms with E-state index >= 15 is 0 Å². The third kappa shape index (κ3) is 5.07. The number of hydrogen-bond donors (Lipinski definition) is 1. The van der Waals surface area contributed by atoms with Gasteiger partial charge in [-0.1, -0.05) is 6.92 Å². The Morgan fingerprint density at radius 3 is 2.62 bits per heavy atom. The maximum Gasteiger partial charge on any atom is 0.573 e. The van der Waals surface area contributed by atoms with Crippen LogP contribution >= 0.6 is 15.9 Å². The van der Waals surface area contributed by atoms with E-state index in [0.29, 0.717) is 11.8 Å². The summed E-state index contributed by atoms with van der Waals surface area (Å²) in [5.74, 6) is 0.265. The predicted octanol–water partition coefficient (Wildman–Crippen LogP) is 4.26. The van der Waals surface area contributed by atoms with Crippen molar-refractivity contribution in [2.75, 3.05) is 6.54 Å². The fourth-order valence-electron chi connectivity index (χ4n) is 2.13. The maximum atomic E-state index is 12.2. The van der Waals surface area contributed by atoms with Gasteiger partial charge in [0.25, 0.3) is 0 Å². The van der Waals surface area contributed by atoms with Gasteiger partial charge in [-0.25, -0.2) is 0 Å². The average Bonchev–Trinajstić information content (AvgIpc) is 2.33. The monoisotopic (exact) mass is 367 g/mol. The molecule has 0 amide bonds. The normalized spacial score (nSPS) is 21.8. The molecule has 21 heavy (non-hydrogen) atoms. The van der Waals surface area contributed by atoms with E-state index in [4.69, 9.17) is 4.74 Å². The van der Waals surface area contributed by atoms with Crippen LogP contribution < -0.4 is 14.8 Å². The van der Waals surface area contributed by atoms with E-state index < -0.39 is 6.36 Å². The van der Waals surface area contributed by atoms with Crippen LogP contribution in [0.15, 0.2) is 22.7 Å². The molecule has 7 heteroatoms. The molecule has 1 aromatic rings. The Labute approximate surface area is 129 Å². The van der Waals surface area contributed by atoms with Gasteiger partial charge in [-0.2, -0.15) is 0 Å². The Bertz CT molecular complexity index is 476. The third-order valence-electron chi connectivity index (χ3n) is 3.21. The Morgan fingerprint density at radius 2 is 2.05 bits per heavy atom. The van der Waals surface area contributed by atoms with Crippen molar-refractivity contribution >= 4 is 15.9 Å². The van der Waals surface area contributed by atoms with Crippen LogP contribution in [0.3, 0.4) is 0 Å². The molecule has 0 atom stereocenters. The van der Waals surface area contributed by atoms with Crippen LogP contribution in [-0.4, -0.2) is 25.1 Å². The molecule has 2 rings (SSSR count). The highest BCUT2D eigenvalue weighted by Gasteiger charge is 2.33. The van der Waals surface area contributed by atoms with E-state index in [1.54, 1.807) is 0 Å². The van der Waals surface area contributed by atoms with Crippen molar-refractivity contribution in [1.29, 1.82) is 0 Å². The summed E-state index contributed by atoms with van der Waals surface area (Å²) in [6.07, 6.45) is -1.66. The molecule has 1 N–H and O–H groups in total. The molecule has 1 fully saturated rings. The van der Waals surface area contributed by atoms with Gasteiger partial charge in [-0.05, 0) is 59.9 Å². The predicted molar refractivity (Wildman–Crippen MR) is 76.6 cm³/mol. The molecule has 3 nitrogen and oxygen atoms in total. The number of benzene rings is 1. The SMILES string of the molecule is CCCNC1CC(Oc2ccc(OC(F)(F)F)c(Br)c2)C1. The molecule has 0 saturated heterocycles. The van der Waals surface area contributed by atoms with Gasteiger partial charge >= 0.3 is 6.36 Å². The van der Waals surface area contributed by atoms with Gasteiger partial charge in [-0.3, -0.25) is 0 Å². The van der Waals surface area contributed by atoms with Crippen LogP contribution in [0.4, 0.5) is 13.2 Å². The first kappa shape index (κ1) is 16.4. The summed E-state index contributed by atoms with van der Waals surface area (Å²) in [4.78, 5) is 0. The highest BCUT2D eigenvalue weighted by atomic mass is 79.9. The van der Waals surface area contributed by atoms with E-state index in [1.807, 2.05) is 0 Å². The van der Waals surface area contributed by atoms with Crippen molar-refractivity contribution in [3.05, 3.63) is 22.7 Å². The van der Waals surface area contributed by atoms with Crippen LogP contribution in [0.2, 0.25) is 0 Å². The molecular formula is C14H17BrF3NO2. The van der Waals surface area contributed by atoms with Gasteiger partial charge < -0.3 is 14.8 Å². The van der Waals surface area contributed by atoms with E-state index in [-0.39, 0.29) is 16.3 Å². The second-order valence-corrected chi connectivity index (χ2v) is 5.86. The van der Waals surface area contributed by atoms with Gasteiger partial charge in [-0.15, -0.1) is 13.2 Å². The second kappa shape index (κ2) is 6.87. The molecule has 1 saturated carbocycles. The largest absolute Gasteiger partial charge is 0.573 e. The van der Waals surface area contributed by atoms with Crippen molar-refractivity contribution < 1.29 is 22.6 Å². The molecule has 0 spiro atoms. The van der Waals surface area contributed by atoms with Crippen molar-refractivity contribution in [1.82, 2.24) is 5.32 Å². The number of hydrogen-bond acceptors (Lipinski definition) is 3. The first-order valence-corrected chi connectivity index (χ1v) is 7.62. The fraction of sp³-hybridized carbons (Fsp3) is 0.571. The van der Waals surface area contributed by atoms with Crippen LogP contribution in [0.25, 0.3) is 0 Å². The Morgan fingerprint density at radius 1 is 1.33 bits per heavy atom. The smallest absolute Gasteiger partial charge is 0.490 e. The summed E-state index contributed by atoms with van der Waals surface area (Å²) in [6.45, 7) is 3.11.